The van der Waals surface area contributed by atoms with Crippen molar-refractivity contribution in [3.63, 3.8) is 0 Å². The Balaban J connectivity index is 1.49. The maximum Gasteiger partial charge on any atom is 0.141 e. The molecule has 128 valence electrons. The molecule has 4 heteroatoms. The van der Waals surface area contributed by atoms with Gasteiger partial charge < -0.3 is 10.1 Å². The predicted octanol–water partition coefficient (Wildman–Crippen LogP) is 5.26. The van der Waals surface area contributed by atoms with Crippen molar-refractivity contribution in [1.82, 2.24) is 9.97 Å². The van der Waals surface area contributed by atoms with Crippen LogP contribution in [0.25, 0.3) is 10.9 Å². The van der Waals surface area contributed by atoms with Gasteiger partial charge in [-0.2, -0.15) is 0 Å². The third-order valence-corrected chi connectivity index (χ3v) is 4.16. The highest BCUT2D eigenvalue weighted by Crippen LogP contribution is 2.25. The third kappa shape index (κ3) is 3.64. The minimum absolute atomic E-state index is 0.559. The molecule has 4 rings (SSSR count). The van der Waals surface area contributed by atoms with Gasteiger partial charge in [0, 0.05) is 11.1 Å². The molecule has 0 saturated carbocycles. The van der Waals surface area contributed by atoms with Crippen LogP contribution in [0.15, 0.2) is 79.1 Å². The van der Waals surface area contributed by atoms with Gasteiger partial charge in [-0.25, -0.2) is 9.97 Å². The van der Waals surface area contributed by atoms with Crippen molar-refractivity contribution in [3.8, 4) is 5.75 Å². The molecule has 4 aromatic rings. The normalized spacial score (nSPS) is 10.7. The van der Waals surface area contributed by atoms with E-state index in [0.717, 1.165) is 33.7 Å². The molecular weight excluding hydrogens is 322 g/mol. The van der Waals surface area contributed by atoms with E-state index < -0.39 is 0 Å². The van der Waals surface area contributed by atoms with E-state index in [0.29, 0.717) is 6.61 Å². The van der Waals surface area contributed by atoms with Gasteiger partial charge in [0.15, 0.2) is 0 Å². The van der Waals surface area contributed by atoms with Gasteiger partial charge in [0.25, 0.3) is 0 Å². The van der Waals surface area contributed by atoms with E-state index in [9.17, 15) is 0 Å². The fraction of sp³-hybridized carbons (Fsp3) is 0.0909. The lowest BCUT2D eigenvalue weighted by atomic mass is 10.1. The van der Waals surface area contributed by atoms with Crippen molar-refractivity contribution in [3.05, 3.63) is 90.3 Å². The van der Waals surface area contributed by atoms with Crippen LogP contribution in [0.3, 0.4) is 0 Å². The largest absolute Gasteiger partial charge is 0.489 e. The van der Waals surface area contributed by atoms with Gasteiger partial charge >= 0.3 is 0 Å². The van der Waals surface area contributed by atoms with Gasteiger partial charge in [-0.05, 0) is 48.9 Å². The molecule has 1 N–H and O–H groups in total. The zero-order valence-corrected chi connectivity index (χ0v) is 14.5. The van der Waals surface area contributed by atoms with Crippen LogP contribution >= 0.6 is 0 Å². The molecule has 1 heterocycles. The van der Waals surface area contributed by atoms with Crippen LogP contribution in [-0.4, -0.2) is 9.97 Å². The van der Waals surface area contributed by atoms with E-state index in [2.05, 4.69) is 46.5 Å². The minimum atomic E-state index is 0.559. The zero-order chi connectivity index (χ0) is 17.8. The maximum absolute atomic E-state index is 5.83. The first-order valence-electron chi connectivity index (χ1n) is 8.53. The fourth-order valence-electron chi connectivity index (χ4n) is 2.78. The second kappa shape index (κ2) is 7.23. The van der Waals surface area contributed by atoms with Crippen LogP contribution in [0.1, 0.15) is 11.1 Å². The van der Waals surface area contributed by atoms with Crippen molar-refractivity contribution < 1.29 is 4.74 Å². The molecule has 26 heavy (non-hydrogen) atoms. The molecule has 0 unspecified atom stereocenters. The fourth-order valence-corrected chi connectivity index (χ4v) is 2.78. The van der Waals surface area contributed by atoms with Crippen LogP contribution in [0.2, 0.25) is 0 Å². The minimum Gasteiger partial charge on any atom is -0.489 e. The molecule has 0 saturated heterocycles. The monoisotopic (exact) mass is 341 g/mol. The van der Waals surface area contributed by atoms with Crippen LogP contribution in [0, 0.1) is 6.92 Å². The molecule has 0 bridgehead atoms. The highest BCUT2D eigenvalue weighted by atomic mass is 16.5. The Labute approximate surface area is 152 Å². The Morgan fingerprint density at radius 3 is 2.50 bits per heavy atom. The molecule has 0 atom stereocenters. The number of anilines is 2. The van der Waals surface area contributed by atoms with Gasteiger partial charge in [0.05, 0.1) is 5.52 Å². The SMILES string of the molecule is Cc1ccc2ncnc(Nc3ccc(OCc4ccccc4)cc3)c2c1. The van der Waals surface area contributed by atoms with E-state index >= 15 is 0 Å². The van der Waals surface area contributed by atoms with Crippen LogP contribution in [0.4, 0.5) is 11.5 Å². The lowest BCUT2D eigenvalue weighted by molar-refractivity contribution is 0.306. The molecule has 0 fully saturated rings. The number of hydrogen-bond donors (Lipinski definition) is 1. The summed E-state index contributed by atoms with van der Waals surface area (Å²) in [6.07, 6.45) is 1.58. The van der Waals surface area contributed by atoms with Crippen molar-refractivity contribution in [2.75, 3.05) is 5.32 Å². The van der Waals surface area contributed by atoms with E-state index in [1.807, 2.05) is 48.5 Å². The van der Waals surface area contributed by atoms with E-state index in [4.69, 9.17) is 4.74 Å². The predicted molar refractivity (Wildman–Crippen MR) is 105 cm³/mol. The zero-order valence-electron chi connectivity index (χ0n) is 14.5. The number of fused-ring (bicyclic) bond motifs is 1. The van der Waals surface area contributed by atoms with Gasteiger partial charge in [-0.3, -0.25) is 0 Å². The number of hydrogen-bond acceptors (Lipinski definition) is 4. The first kappa shape index (κ1) is 16.1. The van der Waals surface area contributed by atoms with Gasteiger partial charge in [0.1, 0.15) is 24.5 Å². The van der Waals surface area contributed by atoms with Crippen molar-refractivity contribution in [1.29, 1.82) is 0 Å². The van der Waals surface area contributed by atoms with Crippen molar-refractivity contribution >= 4 is 22.4 Å². The summed E-state index contributed by atoms with van der Waals surface area (Å²) in [5.74, 6) is 1.64. The molecule has 0 radical (unpaired) electrons. The average Bonchev–Trinajstić information content (AvgIpc) is 2.69. The summed E-state index contributed by atoms with van der Waals surface area (Å²) in [5, 5.41) is 4.38. The highest BCUT2D eigenvalue weighted by molar-refractivity contribution is 5.91. The Morgan fingerprint density at radius 1 is 0.885 bits per heavy atom. The standard InChI is InChI=1S/C22H19N3O/c1-16-7-12-21-20(13-16)22(24-15-23-21)25-18-8-10-19(11-9-18)26-14-17-5-3-2-4-6-17/h2-13,15H,14H2,1H3,(H,23,24,25). The number of benzene rings is 3. The summed E-state index contributed by atoms with van der Waals surface area (Å²) in [5.41, 5.74) is 4.21. The lowest BCUT2D eigenvalue weighted by Crippen LogP contribution is -1.97. The summed E-state index contributed by atoms with van der Waals surface area (Å²) in [4.78, 5) is 8.71. The quantitative estimate of drug-likeness (QED) is 0.538. The number of nitrogens with one attached hydrogen (secondary N) is 1. The Kier molecular flexibility index (Phi) is 4.48. The number of aryl methyl sites for hydroxylation is 1. The Bertz CT molecular complexity index is 1010. The lowest BCUT2D eigenvalue weighted by Gasteiger charge is -2.10. The van der Waals surface area contributed by atoms with E-state index in [1.165, 1.54) is 5.56 Å². The van der Waals surface area contributed by atoms with Crippen molar-refractivity contribution in [2.24, 2.45) is 0 Å². The van der Waals surface area contributed by atoms with E-state index in [-0.39, 0.29) is 0 Å². The molecule has 0 aliphatic heterocycles. The molecule has 4 nitrogen and oxygen atoms in total. The van der Waals surface area contributed by atoms with Gasteiger partial charge in [-0.15, -0.1) is 0 Å². The molecule has 0 amide bonds. The van der Waals surface area contributed by atoms with Crippen LogP contribution in [0.5, 0.6) is 5.75 Å². The van der Waals surface area contributed by atoms with E-state index in [1.54, 1.807) is 6.33 Å². The average molecular weight is 341 g/mol. The van der Waals surface area contributed by atoms with Crippen LogP contribution in [-0.2, 0) is 6.61 Å². The number of ether oxygens (including phenoxy) is 1. The summed E-state index contributed by atoms with van der Waals surface area (Å²) >= 11 is 0. The second-order valence-corrected chi connectivity index (χ2v) is 6.17. The third-order valence-electron chi connectivity index (χ3n) is 4.16. The molecule has 0 aliphatic rings. The maximum atomic E-state index is 5.83. The summed E-state index contributed by atoms with van der Waals surface area (Å²) in [6, 6.07) is 24.2. The molecule has 1 aromatic heterocycles. The number of aromatic nitrogens is 2. The van der Waals surface area contributed by atoms with Gasteiger partial charge in [-0.1, -0.05) is 42.0 Å². The topological polar surface area (TPSA) is 47.0 Å². The molecule has 0 aliphatic carbocycles. The smallest absolute Gasteiger partial charge is 0.141 e. The summed E-state index contributed by atoms with van der Waals surface area (Å²) in [6.45, 7) is 2.62. The molecule has 0 spiro atoms. The Hall–Kier alpha value is -3.40. The highest BCUT2D eigenvalue weighted by Gasteiger charge is 2.05. The molecular formula is C22H19N3O. The summed E-state index contributed by atoms with van der Waals surface area (Å²) < 4.78 is 5.83. The van der Waals surface area contributed by atoms with Crippen molar-refractivity contribution in [2.45, 2.75) is 13.5 Å². The first-order valence-corrected chi connectivity index (χ1v) is 8.53. The molecule has 3 aromatic carbocycles. The van der Waals surface area contributed by atoms with Gasteiger partial charge in [0.2, 0.25) is 0 Å². The van der Waals surface area contributed by atoms with Crippen LogP contribution < -0.4 is 10.1 Å². The first-order chi connectivity index (χ1) is 12.8. The number of rotatable bonds is 5. The Morgan fingerprint density at radius 2 is 1.69 bits per heavy atom. The second-order valence-electron chi connectivity index (χ2n) is 6.17. The summed E-state index contributed by atoms with van der Waals surface area (Å²) in [7, 11) is 0. The number of nitrogens with zero attached hydrogens (tertiary/aromatic N) is 2.